The highest BCUT2D eigenvalue weighted by atomic mass is 35.5. The molecule has 2 aliphatic carbocycles. The number of amides is 1. The van der Waals surface area contributed by atoms with Crippen LogP contribution < -0.4 is 9.80 Å². The fourth-order valence-corrected chi connectivity index (χ4v) is 8.52. The van der Waals surface area contributed by atoms with Gasteiger partial charge in [0.1, 0.15) is 0 Å². The fraction of sp³-hybridized carbons (Fsp3) is 0.479. The fourth-order valence-electron chi connectivity index (χ4n) is 8.52. The monoisotopic (exact) mass is 786 g/mol. The molecule has 300 valence electrons. The minimum Gasteiger partial charge on any atom is -0.367 e. The maximum atomic E-state index is 13.4. The van der Waals surface area contributed by atoms with Gasteiger partial charge in [-0.1, -0.05) is 113 Å². The molecule has 55 heavy (non-hydrogen) atoms. The second-order valence-electron chi connectivity index (χ2n) is 15.1. The van der Waals surface area contributed by atoms with Crippen molar-refractivity contribution in [3.8, 4) is 0 Å². The van der Waals surface area contributed by atoms with E-state index in [-0.39, 0.29) is 36.8 Å². The maximum Gasteiger partial charge on any atom is 0.241 e. The Labute approximate surface area is 346 Å². The molecule has 4 aromatic rings. The first-order chi connectivity index (χ1) is 26.0. The molecule has 0 fully saturated rings. The van der Waals surface area contributed by atoms with Crippen LogP contribution in [0.2, 0.25) is 0 Å². The highest BCUT2D eigenvalue weighted by molar-refractivity contribution is 5.95. The number of rotatable bonds is 17. The molecule has 0 spiro atoms. The van der Waals surface area contributed by atoms with Crippen molar-refractivity contribution in [1.29, 1.82) is 0 Å². The van der Waals surface area contributed by atoms with E-state index in [2.05, 4.69) is 138 Å². The number of hydrogen-bond donors (Lipinski definition) is 0. The quantitative estimate of drug-likeness (QED) is 0.107. The van der Waals surface area contributed by atoms with Gasteiger partial charge in [-0.3, -0.25) is 9.69 Å². The van der Waals surface area contributed by atoms with Crippen molar-refractivity contribution in [2.45, 2.75) is 104 Å². The predicted molar refractivity (Wildman–Crippen MR) is 241 cm³/mol. The molecule has 2 atom stereocenters. The maximum absolute atomic E-state index is 13.4. The highest BCUT2D eigenvalue weighted by Crippen LogP contribution is 2.30. The molecule has 0 aromatic heterocycles. The van der Waals surface area contributed by atoms with Gasteiger partial charge in [-0.2, -0.15) is 0 Å². The van der Waals surface area contributed by atoms with Crippen molar-refractivity contribution in [3.63, 3.8) is 0 Å². The molecule has 0 bridgehead atoms. The third kappa shape index (κ3) is 13.7. The number of nitrogens with zero attached hydrogens (tertiary/aromatic N) is 4. The number of fused-ring (bicyclic) bond motifs is 2. The molecule has 2 unspecified atom stereocenters. The summed E-state index contributed by atoms with van der Waals surface area (Å²) in [6, 6.07) is 39.8. The zero-order chi connectivity index (χ0) is 37.3. The summed E-state index contributed by atoms with van der Waals surface area (Å²) in [5, 5.41) is 0. The van der Waals surface area contributed by atoms with Crippen molar-refractivity contribution in [3.05, 3.63) is 131 Å². The molecule has 0 N–H and O–H groups in total. The Balaban J connectivity index is 0.000000285. The van der Waals surface area contributed by atoms with Gasteiger partial charge in [0.25, 0.3) is 0 Å². The first-order valence-electron chi connectivity index (χ1n) is 20.8. The van der Waals surface area contributed by atoms with E-state index in [1.807, 2.05) is 18.2 Å². The molecule has 5 nitrogen and oxygen atoms in total. The van der Waals surface area contributed by atoms with Crippen molar-refractivity contribution in [1.82, 2.24) is 9.80 Å². The Morgan fingerprint density at radius 1 is 0.491 bits per heavy atom. The summed E-state index contributed by atoms with van der Waals surface area (Å²) in [5.41, 5.74) is 8.33. The Kier molecular flexibility index (Phi) is 20.9. The minimum atomic E-state index is 0. The average molecular weight is 788 g/mol. The van der Waals surface area contributed by atoms with Crippen LogP contribution in [-0.2, 0) is 30.5 Å². The first kappa shape index (κ1) is 46.0. The standard InChI is InChI=1S/C24H32N2O.C24H34N2.2ClH/c1-3-16-25(17-4-2)19-24(27)26(22-12-6-5-7-13-22)23-15-14-20-10-8-9-11-21(20)18-23;1-3-16-25(17-4-2)18-19-26(23-12-6-5-7-13-23)24-15-14-21-10-8-9-11-22(21)20-24;;/h5-13,23H,3-4,14-19H2,1-2H3;5-13,24H,3-4,14-20H2,1-2H3;2*1H. The van der Waals surface area contributed by atoms with Crippen LogP contribution in [0, 0.1) is 0 Å². The van der Waals surface area contributed by atoms with Crippen molar-refractivity contribution < 1.29 is 4.79 Å². The van der Waals surface area contributed by atoms with Crippen LogP contribution in [0.1, 0.15) is 88.5 Å². The number of hydrogen-bond acceptors (Lipinski definition) is 4. The zero-order valence-electron chi connectivity index (χ0n) is 34.1. The van der Waals surface area contributed by atoms with Gasteiger partial charge in [0.2, 0.25) is 5.91 Å². The molecule has 0 heterocycles. The number of carbonyl (C=O) groups excluding carboxylic acids is 1. The van der Waals surface area contributed by atoms with E-state index >= 15 is 0 Å². The smallest absolute Gasteiger partial charge is 0.241 e. The number of benzene rings is 4. The summed E-state index contributed by atoms with van der Waals surface area (Å²) >= 11 is 0. The number of carbonyl (C=O) groups is 1. The average Bonchev–Trinajstić information content (AvgIpc) is 3.19. The first-order valence-corrected chi connectivity index (χ1v) is 20.8. The molecule has 4 aromatic carbocycles. The predicted octanol–water partition coefficient (Wildman–Crippen LogP) is 10.7. The van der Waals surface area contributed by atoms with E-state index in [4.69, 9.17) is 0 Å². The van der Waals surface area contributed by atoms with Crippen LogP contribution in [0.5, 0.6) is 0 Å². The van der Waals surface area contributed by atoms with Crippen molar-refractivity contribution >= 4 is 42.1 Å². The second-order valence-corrected chi connectivity index (χ2v) is 15.1. The van der Waals surface area contributed by atoms with E-state index in [1.165, 1.54) is 62.0 Å². The third-order valence-electron chi connectivity index (χ3n) is 11.0. The SMILES string of the molecule is CCCN(CCC)CC(=O)N(c1ccccc1)C1CCc2ccccc2C1.CCCN(CCC)CCN(c1ccccc1)C1CCc2ccccc2C1.Cl.Cl. The Morgan fingerprint density at radius 3 is 1.42 bits per heavy atom. The molecule has 6 rings (SSSR count). The lowest BCUT2D eigenvalue weighted by Crippen LogP contribution is -2.48. The van der Waals surface area contributed by atoms with Gasteiger partial charge in [0.15, 0.2) is 0 Å². The number of halogens is 2. The molecular formula is C48H68Cl2N4O. The number of aryl methyl sites for hydroxylation is 2. The van der Waals surface area contributed by atoms with Gasteiger partial charge in [0.05, 0.1) is 6.54 Å². The normalized spacial score (nSPS) is 15.7. The molecule has 2 aliphatic rings. The summed E-state index contributed by atoms with van der Waals surface area (Å²) in [4.78, 5) is 23.1. The highest BCUT2D eigenvalue weighted by Gasteiger charge is 2.30. The van der Waals surface area contributed by atoms with E-state index in [1.54, 1.807) is 11.1 Å². The molecule has 0 saturated heterocycles. The zero-order valence-corrected chi connectivity index (χ0v) is 35.7. The third-order valence-corrected chi connectivity index (χ3v) is 11.0. The van der Waals surface area contributed by atoms with Crippen LogP contribution in [-0.4, -0.2) is 73.6 Å². The minimum absolute atomic E-state index is 0. The van der Waals surface area contributed by atoms with Crippen molar-refractivity contribution in [2.24, 2.45) is 0 Å². The van der Waals surface area contributed by atoms with Gasteiger partial charge in [-0.25, -0.2) is 0 Å². The Hall–Kier alpha value is -3.35. The van der Waals surface area contributed by atoms with E-state index in [0.717, 1.165) is 64.0 Å². The summed E-state index contributed by atoms with van der Waals surface area (Å²) < 4.78 is 0. The summed E-state index contributed by atoms with van der Waals surface area (Å²) in [6.07, 6.45) is 11.3. The van der Waals surface area contributed by atoms with E-state index < -0.39 is 0 Å². The Bertz CT molecular complexity index is 1630. The molecule has 0 radical (unpaired) electrons. The van der Waals surface area contributed by atoms with Crippen molar-refractivity contribution in [2.75, 3.05) is 55.6 Å². The van der Waals surface area contributed by atoms with Crippen LogP contribution in [0.15, 0.2) is 109 Å². The molecular weight excluding hydrogens is 719 g/mol. The van der Waals surface area contributed by atoms with Crippen LogP contribution >= 0.6 is 24.8 Å². The van der Waals surface area contributed by atoms with Gasteiger partial charge >= 0.3 is 0 Å². The van der Waals surface area contributed by atoms with Crippen LogP contribution in [0.4, 0.5) is 11.4 Å². The summed E-state index contributed by atoms with van der Waals surface area (Å²) in [5.74, 6) is 0.229. The van der Waals surface area contributed by atoms with Gasteiger partial charge < -0.3 is 14.7 Å². The van der Waals surface area contributed by atoms with E-state index in [9.17, 15) is 4.79 Å². The molecule has 1 amide bonds. The van der Waals surface area contributed by atoms with Gasteiger partial charge in [-0.05, 0) is 137 Å². The second kappa shape index (κ2) is 25.0. The van der Waals surface area contributed by atoms with Crippen LogP contribution in [0.25, 0.3) is 0 Å². The largest absolute Gasteiger partial charge is 0.367 e. The number of anilines is 2. The molecule has 7 heteroatoms. The van der Waals surface area contributed by atoms with Crippen LogP contribution in [0.3, 0.4) is 0 Å². The molecule has 0 saturated carbocycles. The molecule has 0 aliphatic heterocycles. The number of para-hydroxylation sites is 2. The van der Waals surface area contributed by atoms with Gasteiger partial charge in [-0.15, -0.1) is 24.8 Å². The summed E-state index contributed by atoms with van der Waals surface area (Å²) in [7, 11) is 0. The van der Waals surface area contributed by atoms with E-state index in [0.29, 0.717) is 12.6 Å². The topological polar surface area (TPSA) is 30.0 Å². The lowest BCUT2D eigenvalue weighted by molar-refractivity contribution is -0.120. The lowest BCUT2D eigenvalue weighted by atomic mass is 9.87. The lowest BCUT2D eigenvalue weighted by Gasteiger charge is -2.38. The summed E-state index contributed by atoms with van der Waals surface area (Å²) in [6.45, 7) is 16.1. The van der Waals surface area contributed by atoms with Gasteiger partial charge in [0, 0.05) is 36.5 Å². The Morgan fingerprint density at radius 2 is 0.909 bits per heavy atom.